The van der Waals surface area contributed by atoms with E-state index in [4.69, 9.17) is 14.2 Å². The Morgan fingerprint density at radius 3 is 2.36 bits per heavy atom. The normalized spacial score (nSPS) is 11.2. The largest absolute Gasteiger partial charge is 0.573 e. The van der Waals surface area contributed by atoms with Crippen molar-refractivity contribution >= 4 is 0 Å². The highest BCUT2D eigenvalue weighted by Gasteiger charge is 2.31. The number of nitrogens with zero attached hydrogens (tertiary/aromatic N) is 1. The molecule has 0 bridgehead atoms. The number of alkyl halides is 3. The third-order valence-electron chi connectivity index (χ3n) is 4.01. The summed E-state index contributed by atoms with van der Waals surface area (Å²) in [6.07, 6.45) is -1.70. The second kappa shape index (κ2) is 9.52. The zero-order chi connectivity index (χ0) is 20.7. The molecule has 2 aromatic rings. The van der Waals surface area contributed by atoms with Crippen molar-refractivity contribution < 1.29 is 32.1 Å². The SMILES string of the molecule is CCCCCOc1cc(C)c(-c2ccc(OC(F)(F)F)cc2OC)nc1OC. The molecule has 1 heterocycles. The van der Waals surface area contributed by atoms with E-state index in [0.717, 1.165) is 24.8 Å². The summed E-state index contributed by atoms with van der Waals surface area (Å²) in [5.74, 6) is 0.662. The number of unbranched alkanes of at least 4 members (excludes halogenated alkanes) is 2. The fourth-order valence-electron chi connectivity index (χ4n) is 2.69. The van der Waals surface area contributed by atoms with Gasteiger partial charge in [0.15, 0.2) is 5.75 Å². The number of methoxy groups -OCH3 is 2. The molecular weight excluding hydrogens is 375 g/mol. The minimum Gasteiger partial charge on any atom is -0.496 e. The zero-order valence-electron chi connectivity index (χ0n) is 16.4. The molecule has 0 aliphatic rings. The number of aromatic nitrogens is 1. The minimum absolute atomic E-state index is 0.205. The van der Waals surface area contributed by atoms with Gasteiger partial charge in [-0.05, 0) is 37.1 Å². The summed E-state index contributed by atoms with van der Waals surface area (Å²) in [4.78, 5) is 4.48. The molecule has 0 N–H and O–H groups in total. The maximum atomic E-state index is 12.5. The Labute approximate surface area is 162 Å². The summed E-state index contributed by atoms with van der Waals surface area (Å²) in [6, 6.07) is 5.66. The van der Waals surface area contributed by atoms with E-state index in [1.807, 2.05) is 6.92 Å². The van der Waals surface area contributed by atoms with Crippen LogP contribution in [0.25, 0.3) is 11.3 Å². The van der Waals surface area contributed by atoms with Gasteiger partial charge in [0.25, 0.3) is 5.88 Å². The molecule has 0 aliphatic heterocycles. The Morgan fingerprint density at radius 1 is 1.00 bits per heavy atom. The van der Waals surface area contributed by atoms with Gasteiger partial charge in [0, 0.05) is 11.6 Å². The summed E-state index contributed by atoms with van der Waals surface area (Å²) in [6.45, 7) is 4.50. The van der Waals surface area contributed by atoms with Crippen molar-refractivity contribution in [2.75, 3.05) is 20.8 Å². The Hall–Kier alpha value is -2.64. The average molecular weight is 399 g/mol. The lowest BCUT2D eigenvalue weighted by Gasteiger charge is -2.16. The maximum absolute atomic E-state index is 12.5. The van der Waals surface area contributed by atoms with Crippen LogP contribution in [0.2, 0.25) is 0 Å². The monoisotopic (exact) mass is 399 g/mol. The van der Waals surface area contributed by atoms with Gasteiger partial charge in [0.05, 0.1) is 26.5 Å². The van der Waals surface area contributed by atoms with Gasteiger partial charge >= 0.3 is 6.36 Å². The van der Waals surface area contributed by atoms with Crippen LogP contribution >= 0.6 is 0 Å². The predicted octanol–water partition coefficient (Wildman–Crippen LogP) is 5.54. The first-order valence-electron chi connectivity index (χ1n) is 8.91. The van der Waals surface area contributed by atoms with Gasteiger partial charge in [-0.1, -0.05) is 19.8 Å². The molecule has 0 aliphatic carbocycles. The van der Waals surface area contributed by atoms with Crippen molar-refractivity contribution in [2.24, 2.45) is 0 Å². The van der Waals surface area contributed by atoms with Crippen LogP contribution in [-0.2, 0) is 0 Å². The molecule has 2 rings (SSSR count). The van der Waals surface area contributed by atoms with Crippen molar-refractivity contribution in [3.63, 3.8) is 0 Å². The van der Waals surface area contributed by atoms with Crippen molar-refractivity contribution in [3.05, 3.63) is 29.8 Å². The molecule has 0 atom stereocenters. The van der Waals surface area contributed by atoms with E-state index < -0.39 is 6.36 Å². The van der Waals surface area contributed by atoms with E-state index >= 15 is 0 Å². The first-order valence-corrected chi connectivity index (χ1v) is 8.91. The van der Waals surface area contributed by atoms with E-state index in [-0.39, 0.29) is 11.5 Å². The number of halogens is 3. The predicted molar refractivity (Wildman–Crippen MR) is 99.2 cm³/mol. The van der Waals surface area contributed by atoms with Crippen LogP contribution in [0.5, 0.6) is 23.1 Å². The van der Waals surface area contributed by atoms with Crippen LogP contribution < -0.4 is 18.9 Å². The van der Waals surface area contributed by atoms with Gasteiger partial charge < -0.3 is 18.9 Å². The van der Waals surface area contributed by atoms with Gasteiger partial charge in [0.1, 0.15) is 11.5 Å². The zero-order valence-corrected chi connectivity index (χ0v) is 16.4. The van der Waals surface area contributed by atoms with Crippen molar-refractivity contribution in [3.8, 4) is 34.4 Å². The second-order valence-corrected chi connectivity index (χ2v) is 6.13. The molecule has 28 heavy (non-hydrogen) atoms. The Balaban J connectivity index is 2.36. The lowest BCUT2D eigenvalue weighted by molar-refractivity contribution is -0.274. The number of benzene rings is 1. The molecular formula is C20H24F3NO4. The lowest BCUT2D eigenvalue weighted by atomic mass is 10.0. The fourth-order valence-corrected chi connectivity index (χ4v) is 2.69. The number of aryl methyl sites for hydroxylation is 1. The maximum Gasteiger partial charge on any atom is 0.573 e. The highest BCUT2D eigenvalue weighted by molar-refractivity contribution is 5.72. The van der Waals surface area contributed by atoms with Gasteiger partial charge in [-0.3, -0.25) is 0 Å². The van der Waals surface area contributed by atoms with E-state index in [1.165, 1.54) is 32.4 Å². The van der Waals surface area contributed by atoms with E-state index in [0.29, 0.717) is 29.5 Å². The molecule has 1 aromatic heterocycles. The van der Waals surface area contributed by atoms with Crippen LogP contribution in [0.3, 0.4) is 0 Å². The van der Waals surface area contributed by atoms with Crippen molar-refractivity contribution in [2.45, 2.75) is 39.5 Å². The summed E-state index contributed by atoms with van der Waals surface area (Å²) in [7, 11) is 2.85. The molecule has 0 unspecified atom stereocenters. The molecule has 154 valence electrons. The Kier molecular flexibility index (Phi) is 7.37. The van der Waals surface area contributed by atoms with Crippen molar-refractivity contribution in [1.29, 1.82) is 0 Å². The minimum atomic E-state index is -4.78. The number of rotatable bonds is 9. The van der Waals surface area contributed by atoms with Crippen LogP contribution in [0, 0.1) is 6.92 Å². The van der Waals surface area contributed by atoms with Gasteiger partial charge in [-0.15, -0.1) is 13.2 Å². The van der Waals surface area contributed by atoms with Crippen LogP contribution in [0.15, 0.2) is 24.3 Å². The third kappa shape index (κ3) is 5.68. The molecule has 1 aromatic carbocycles. The second-order valence-electron chi connectivity index (χ2n) is 6.13. The van der Waals surface area contributed by atoms with E-state index in [1.54, 1.807) is 6.07 Å². The molecule has 0 fully saturated rings. The van der Waals surface area contributed by atoms with Crippen LogP contribution in [-0.4, -0.2) is 32.2 Å². The summed E-state index contributed by atoms with van der Waals surface area (Å²) < 4.78 is 57.7. The number of ether oxygens (including phenoxy) is 4. The van der Waals surface area contributed by atoms with Gasteiger partial charge in [-0.25, -0.2) is 4.98 Å². The first-order chi connectivity index (χ1) is 13.3. The molecule has 0 saturated carbocycles. The number of pyridine rings is 1. The molecule has 0 saturated heterocycles. The van der Waals surface area contributed by atoms with Crippen molar-refractivity contribution in [1.82, 2.24) is 4.98 Å². The van der Waals surface area contributed by atoms with Gasteiger partial charge in [0.2, 0.25) is 0 Å². The first kappa shape index (κ1) is 21.7. The summed E-state index contributed by atoms with van der Waals surface area (Å²) in [5, 5.41) is 0. The highest BCUT2D eigenvalue weighted by Crippen LogP contribution is 2.38. The third-order valence-corrected chi connectivity index (χ3v) is 4.01. The Morgan fingerprint density at radius 2 is 1.75 bits per heavy atom. The Bertz CT molecular complexity index is 794. The van der Waals surface area contributed by atoms with Crippen LogP contribution in [0.1, 0.15) is 31.7 Å². The van der Waals surface area contributed by atoms with E-state index in [2.05, 4.69) is 16.6 Å². The molecule has 0 amide bonds. The molecule has 5 nitrogen and oxygen atoms in total. The fraction of sp³-hybridized carbons (Fsp3) is 0.450. The summed E-state index contributed by atoms with van der Waals surface area (Å²) >= 11 is 0. The average Bonchev–Trinajstić information content (AvgIpc) is 2.64. The standard InChI is InChI=1S/C20H24F3NO4/c1-5-6-7-10-27-17-11-13(2)18(24-19(17)26-4)15-9-8-14(12-16(15)25-3)28-20(21,22)23/h8-9,11-12H,5-7,10H2,1-4H3. The summed E-state index contributed by atoms with van der Waals surface area (Å²) in [5.41, 5.74) is 1.81. The smallest absolute Gasteiger partial charge is 0.496 e. The van der Waals surface area contributed by atoms with E-state index in [9.17, 15) is 13.2 Å². The number of hydrogen-bond acceptors (Lipinski definition) is 5. The highest BCUT2D eigenvalue weighted by atomic mass is 19.4. The molecule has 0 radical (unpaired) electrons. The topological polar surface area (TPSA) is 49.8 Å². The molecule has 8 heteroatoms. The number of hydrogen-bond donors (Lipinski definition) is 0. The van der Waals surface area contributed by atoms with Crippen LogP contribution in [0.4, 0.5) is 13.2 Å². The lowest BCUT2D eigenvalue weighted by Crippen LogP contribution is -2.17. The quantitative estimate of drug-likeness (QED) is 0.518. The molecule has 0 spiro atoms. The van der Waals surface area contributed by atoms with Gasteiger partial charge in [-0.2, -0.15) is 0 Å².